The van der Waals surface area contributed by atoms with Gasteiger partial charge in [0.1, 0.15) is 0 Å². The van der Waals surface area contributed by atoms with Crippen LogP contribution < -0.4 is 0 Å². The van der Waals surface area contributed by atoms with Crippen molar-refractivity contribution in [3.63, 3.8) is 0 Å². The number of hydrogen-bond donors (Lipinski definition) is 1. The number of esters is 1. The Morgan fingerprint density at radius 2 is 1.68 bits per heavy atom. The fraction of sp³-hybridized carbons (Fsp3) is 0.897. The van der Waals surface area contributed by atoms with E-state index in [2.05, 4.69) is 52.9 Å². The minimum atomic E-state index is -1.88. The molecule has 0 aromatic rings. The first-order valence-corrected chi connectivity index (χ1v) is 17.0. The van der Waals surface area contributed by atoms with Crippen molar-refractivity contribution in [3.8, 4) is 0 Å². The Kier molecular flexibility index (Phi) is 14.3. The highest BCUT2D eigenvalue weighted by Gasteiger charge is 2.47. The van der Waals surface area contributed by atoms with Gasteiger partial charge in [-0.2, -0.15) is 0 Å². The molecule has 0 unspecified atom stereocenters. The van der Waals surface area contributed by atoms with Crippen molar-refractivity contribution in [3.05, 3.63) is 12.2 Å². The minimum Gasteiger partial charge on any atom is -0.463 e. The van der Waals surface area contributed by atoms with Crippen molar-refractivity contribution in [1.29, 1.82) is 0 Å². The summed E-state index contributed by atoms with van der Waals surface area (Å²) in [4.78, 5) is 11.7. The number of rotatable bonds is 16. The lowest BCUT2D eigenvalue weighted by Crippen LogP contribution is -2.45. The number of ether oxygens (including phenoxy) is 1. The molecule has 1 rings (SSSR count). The predicted octanol–water partition coefficient (Wildman–Crippen LogP) is 8.19. The first kappa shape index (κ1) is 31.4. The van der Waals surface area contributed by atoms with Gasteiger partial charge >= 0.3 is 5.97 Å². The smallest absolute Gasteiger partial charge is 0.306 e. The molecule has 0 amide bonds. The van der Waals surface area contributed by atoms with Crippen LogP contribution in [0.3, 0.4) is 0 Å². The molecular formula is C29H56O4Si. The molecule has 0 bridgehead atoms. The van der Waals surface area contributed by atoms with E-state index < -0.39 is 8.32 Å². The van der Waals surface area contributed by atoms with Crippen LogP contribution in [0.2, 0.25) is 18.1 Å². The molecule has 0 aromatic carbocycles. The van der Waals surface area contributed by atoms with E-state index in [1.54, 1.807) is 0 Å². The molecule has 5 heteroatoms. The van der Waals surface area contributed by atoms with E-state index in [1.165, 1.54) is 38.5 Å². The zero-order chi connectivity index (χ0) is 25.8. The van der Waals surface area contributed by atoms with E-state index in [9.17, 15) is 9.90 Å². The highest BCUT2D eigenvalue weighted by molar-refractivity contribution is 6.74. The Labute approximate surface area is 212 Å². The molecule has 1 N–H and O–H groups in total. The minimum absolute atomic E-state index is 0.0445. The van der Waals surface area contributed by atoms with E-state index in [1.807, 2.05) is 13.8 Å². The zero-order valence-corrected chi connectivity index (χ0v) is 24.7. The summed E-state index contributed by atoms with van der Waals surface area (Å²) in [5, 5.41) is 11.2. The number of aliphatic hydroxyl groups is 1. The molecule has 1 aliphatic carbocycles. The lowest BCUT2D eigenvalue weighted by Gasteiger charge is -2.40. The van der Waals surface area contributed by atoms with Gasteiger partial charge < -0.3 is 14.3 Å². The highest BCUT2D eigenvalue weighted by Crippen LogP contribution is 2.45. The molecule has 200 valence electrons. The summed E-state index contributed by atoms with van der Waals surface area (Å²) in [5.74, 6) is 0.591. The Balaban J connectivity index is 2.68. The van der Waals surface area contributed by atoms with E-state index in [-0.39, 0.29) is 35.2 Å². The van der Waals surface area contributed by atoms with Crippen LogP contribution in [0, 0.1) is 11.8 Å². The van der Waals surface area contributed by atoms with Gasteiger partial charge in [-0.3, -0.25) is 4.79 Å². The number of unbranched alkanes of at least 4 members (excludes halogenated alkanes) is 6. The van der Waals surface area contributed by atoms with Gasteiger partial charge in [0.15, 0.2) is 8.32 Å². The quantitative estimate of drug-likeness (QED) is 0.101. The molecule has 4 nitrogen and oxygen atoms in total. The normalized spacial score (nSPS) is 23.8. The summed E-state index contributed by atoms with van der Waals surface area (Å²) >= 11 is 0. The SMILES string of the molecule is CCCCCCCC[C@@H]1[C@@H](C/C=C\CCCC(=O)OC(C)C)[C@@H](O)C[C@H]1O[Si](C)(C)C(C)(C)C. The summed E-state index contributed by atoms with van der Waals surface area (Å²) in [6.07, 6.45) is 17.0. The second-order valence-electron chi connectivity index (χ2n) is 12.2. The highest BCUT2D eigenvalue weighted by atomic mass is 28.4. The van der Waals surface area contributed by atoms with E-state index in [0.29, 0.717) is 12.3 Å². The molecule has 4 atom stereocenters. The van der Waals surface area contributed by atoms with Crippen molar-refractivity contribution >= 4 is 14.3 Å². The molecule has 0 saturated heterocycles. The van der Waals surface area contributed by atoms with Crippen LogP contribution in [0.25, 0.3) is 0 Å². The second kappa shape index (κ2) is 15.5. The molecule has 0 heterocycles. The monoisotopic (exact) mass is 496 g/mol. The van der Waals surface area contributed by atoms with E-state index in [4.69, 9.17) is 9.16 Å². The van der Waals surface area contributed by atoms with Gasteiger partial charge in [-0.25, -0.2) is 0 Å². The second-order valence-corrected chi connectivity index (χ2v) is 17.0. The summed E-state index contributed by atoms with van der Waals surface area (Å²) in [6.45, 7) is 17.6. The lowest BCUT2D eigenvalue weighted by atomic mass is 9.86. The van der Waals surface area contributed by atoms with Crippen LogP contribution in [0.1, 0.15) is 119 Å². The number of hydrogen-bond acceptors (Lipinski definition) is 4. The van der Waals surface area contributed by atoms with Gasteiger partial charge in [0, 0.05) is 6.42 Å². The zero-order valence-electron chi connectivity index (χ0n) is 23.7. The standard InChI is InChI=1S/C29H56O4Si/c1-9-10-11-12-13-17-20-25-24(19-16-14-15-18-21-28(31)32-23(2)3)26(30)22-27(25)33-34(7,8)29(4,5)6/h14,16,23-27,30H,9-13,15,17-22H2,1-8H3/b16-14-/t24-,25-,26+,27-/m1/s1. The predicted molar refractivity (Wildman–Crippen MR) is 147 cm³/mol. The topological polar surface area (TPSA) is 55.8 Å². The Morgan fingerprint density at radius 1 is 1.03 bits per heavy atom. The lowest BCUT2D eigenvalue weighted by molar-refractivity contribution is -0.147. The molecular weight excluding hydrogens is 440 g/mol. The van der Waals surface area contributed by atoms with Crippen molar-refractivity contribution in [1.82, 2.24) is 0 Å². The number of aliphatic hydroxyl groups excluding tert-OH is 1. The first-order valence-electron chi connectivity index (χ1n) is 14.1. The van der Waals surface area contributed by atoms with Gasteiger partial charge in [0.25, 0.3) is 0 Å². The summed E-state index contributed by atoms with van der Waals surface area (Å²) in [6, 6.07) is 0. The Hall–Kier alpha value is -0.653. The third-order valence-electron chi connectivity index (χ3n) is 7.83. The van der Waals surface area contributed by atoms with Crippen LogP contribution in [-0.2, 0) is 14.0 Å². The van der Waals surface area contributed by atoms with Gasteiger partial charge in [-0.1, -0.05) is 78.4 Å². The molecule has 0 radical (unpaired) electrons. The third kappa shape index (κ3) is 11.4. The number of allylic oxidation sites excluding steroid dienone is 2. The van der Waals surface area contributed by atoms with Crippen LogP contribution >= 0.6 is 0 Å². The van der Waals surface area contributed by atoms with Gasteiger partial charge in [-0.05, 0) is 75.9 Å². The van der Waals surface area contributed by atoms with Crippen LogP contribution in [0.4, 0.5) is 0 Å². The fourth-order valence-electron chi connectivity index (χ4n) is 4.79. The van der Waals surface area contributed by atoms with Gasteiger partial charge in [0.05, 0.1) is 18.3 Å². The van der Waals surface area contributed by atoms with Crippen LogP contribution in [-0.4, -0.2) is 37.7 Å². The van der Waals surface area contributed by atoms with Crippen molar-refractivity contribution in [2.24, 2.45) is 11.8 Å². The largest absolute Gasteiger partial charge is 0.463 e. The number of carbonyl (C=O) groups is 1. The van der Waals surface area contributed by atoms with Gasteiger partial charge in [0.2, 0.25) is 0 Å². The third-order valence-corrected chi connectivity index (χ3v) is 12.3. The molecule has 1 aliphatic rings. The summed E-state index contributed by atoms with van der Waals surface area (Å²) in [5.41, 5.74) is 0. The first-order chi connectivity index (χ1) is 15.9. The fourth-order valence-corrected chi connectivity index (χ4v) is 6.17. The van der Waals surface area contributed by atoms with Crippen molar-refractivity contribution < 1.29 is 19.1 Å². The summed E-state index contributed by atoms with van der Waals surface area (Å²) < 4.78 is 12.1. The average Bonchev–Trinajstić information content (AvgIpc) is 2.99. The maximum atomic E-state index is 11.7. The van der Waals surface area contributed by atoms with Crippen molar-refractivity contribution in [2.45, 2.75) is 155 Å². The van der Waals surface area contributed by atoms with Crippen LogP contribution in [0.5, 0.6) is 0 Å². The maximum absolute atomic E-state index is 11.7. The molecule has 1 fully saturated rings. The molecule has 0 spiro atoms. The maximum Gasteiger partial charge on any atom is 0.306 e. The Morgan fingerprint density at radius 3 is 2.29 bits per heavy atom. The average molecular weight is 497 g/mol. The molecule has 34 heavy (non-hydrogen) atoms. The summed E-state index contributed by atoms with van der Waals surface area (Å²) in [7, 11) is -1.88. The van der Waals surface area contributed by atoms with Gasteiger partial charge in [-0.15, -0.1) is 0 Å². The molecule has 0 aromatic heterocycles. The van der Waals surface area contributed by atoms with E-state index >= 15 is 0 Å². The van der Waals surface area contributed by atoms with E-state index in [0.717, 1.165) is 32.1 Å². The van der Waals surface area contributed by atoms with Crippen molar-refractivity contribution in [2.75, 3.05) is 0 Å². The number of carbonyl (C=O) groups excluding carboxylic acids is 1. The molecule has 0 aliphatic heterocycles. The Bertz CT molecular complexity index is 593. The molecule has 1 saturated carbocycles. The van der Waals surface area contributed by atoms with Crippen LogP contribution in [0.15, 0.2) is 12.2 Å².